The van der Waals surface area contributed by atoms with Gasteiger partial charge < -0.3 is 40.9 Å². The largest absolute Gasteiger partial charge is 0.474 e. The zero-order valence-corrected chi connectivity index (χ0v) is 41.7. The van der Waals surface area contributed by atoms with E-state index in [9.17, 15) is 24.2 Å². The fourth-order valence-electron chi connectivity index (χ4n) is 7.71. The van der Waals surface area contributed by atoms with E-state index in [2.05, 4.69) is 45.1 Å². The number of anilines is 1. The van der Waals surface area contributed by atoms with Crippen LogP contribution in [0.5, 0.6) is 5.88 Å². The van der Waals surface area contributed by atoms with E-state index in [0.29, 0.717) is 56.1 Å². The molecule has 3 aromatic rings. The number of amides is 1. The molecule has 3 fully saturated rings. The summed E-state index contributed by atoms with van der Waals surface area (Å²) < 4.78 is 73.6. The lowest BCUT2D eigenvalue weighted by atomic mass is 10.1. The SMILES string of the molecule is CCC[Si](O)(CCC)O[Si](P)(CCC)O[C@H]1[C@H]2OP(=S)(OCCC#N)OC[C@H]3C[C@@H](Oc4ccncn4)C[C@@H]3O[PH](=O)OC[C@H]1O[C@H]2n1cnc2c(=O)[nH]c(NC(=O)C(C)C)nc21. The van der Waals surface area contributed by atoms with Crippen LogP contribution in [-0.4, -0.2) is 107 Å². The number of nitrogens with zero attached hydrogens (tertiary/aromatic N) is 6. The van der Waals surface area contributed by atoms with Gasteiger partial charge in [0.05, 0.1) is 44.7 Å². The van der Waals surface area contributed by atoms with E-state index >= 15 is 0 Å². The van der Waals surface area contributed by atoms with E-state index < -0.39 is 85.9 Å². The maximum Gasteiger partial charge on any atom is 0.349 e. The van der Waals surface area contributed by atoms with Gasteiger partial charge in [0.2, 0.25) is 17.7 Å². The number of nitrogens with one attached hydrogen (secondary N) is 2. The maximum atomic E-state index is 13.8. The van der Waals surface area contributed by atoms with Gasteiger partial charge in [0.15, 0.2) is 17.4 Å². The Balaban J connectivity index is 1.44. The zero-order valence-electron chi connectivity index (χ0n) is 35.9. The number of nitriles is 1. The number of aromatic nitrogens is 6. The van der Waals surface area contributed by atoms with Crippen molar-refractivity contribution < 1.29 is 54.8 Å². The first kappa shape index (κ1) is 50.0. The summed E-state index contributed by atoms with van der Waals surface area (Å²) in [5.74, 6) is -0.999. The van der Waals surface area contributed by atoms with Crippen LogP contribution < -0.4 is 15.6 Å². The molecule has 1 amide bonds. The van der Waals surface area contributed by atoms with Gasteiger partial charge in [-0.05, 0) is 36.4 Å². The van der Waals surface area contributed by atoms with E-state index in [1.165, 1.54) is 17.2 Å². The minimum Gasteiger partial charge on any atom is -0.474 e. The average Bonchev–Trinajstić information content (AvgIpc) is 3.91. The predicted octanol–water partition coefficient (Wildman–Crippen LogP) is 5.50. The Morgan fingerprint density at radius 2 is 1.95 bits per heavy atom. The number of hydrogen-bond donors (Lipinski definition) is 3. The van der Waals surface area contributed by atoms with Crippen molar-refractivity contribution in [3.05, 3.63) is 35.3 Å². The molecule has 5 heterocycles. The summed E-state index contributed by atoms with van der Waals surface area (Å²) in [6.45, 7) is 4.89. The molecule has 0 spiro atoms. The van der Waals surface area contributed by atoms with Crippen LogP contribution in [0.4, 0.5) is 5.95 Å². The normalized spacial score (nSPS) is 28.9. The molecular weight excluding hydrogens is 934 g/mol. The third kappa shape index (κ3) is 12.9. The Kier molecular flexibility index (Phi) is 17.8. The molecule has 6 rings (SSSR count). The highest BCUT2D eigenvalue weighted by Gasteiger charge is 2.55. The van der Waals surface area contributed by atoms with Gasteiger partial charge in [-0.15, -0.1) is 0 Å². The number of carbonyl (C=O) groups is 1. The quantitative estimate of drug-likeness (QED) is 0.0807. The number of imidazole rings is 1. The summed E-state index contributed by atoms with van der Waals surface area (Å²) in [4.78, 5) is 57.6. The minimum absolute atomic E-state index is 0.0183. The highest BCUT2D eigenvalue weighted by atomic mass is 32.5. The highest BCUT2D eigenvalue weighted by Crippen LogP contribution is 2.56. The van der Waals surface area contributed by atoms with Crippen LogP contribution in [0.25, 0.3) is 11.2 Å². The lowest BCUT2D eigenvalue weighted by molar-refractivity contribution is -0.118. The van der Waals surface area contributed by atoms with Gasteiger partial charge in [0.25, 0.3) is 5.56 Å². The molecule has 2 bridgehead atoms. The molecule has 0 aromatic carbocycles. The molecule has 11 atom stereocenters. The van der Waals surface area contributed by atoms with E-state index in [1.807, 2.05) is 20.8 Å². The van der Waals surface area contributed by atoms with Gasteiger partial charge in [0.1, 0.15) is 30.7 Å². The molecule has 3 aliphatic rings. The number of aromatic amines is 1. The van der Waals surface area contributed by atoms with Gasteiger partial charge in [-0.3, -0.25) is 33.5 Å². The van der Waals surface area contributed by atoms with Crippen molar-refractivity contribution in [2.75, 3.05) is 25.1 Å². The number of hydrogen-bond acceptors (Lipinski definition) is 19. The summed E-state index contributed by atoms with van der Waals surface area (Å²) in [6.07, 6.45) is 1.23. The Bertz CT molecular complexity index is 2190. The molecule has 3 N–H and O–H groups in total. The van der Waals surface area contributed by atoms with Crippen molar-refractivity contribution in [3.63, 3.8) is 0 Å². The molecule has 3 aromatic heterocycles. The van der Waals surface area contributed by atoms with E-state index in [-0.39, 0.29) is 49.3 Å². The maximum absolute atomic E-state index is 13.8. The molecule has 2 aliphatic heterocycles. The number of ether oxygens (including phenoxy) is 2. The van der Waals surface area contributed by atoms with Crippen LogP contribution in [-0.2, 0) is 57.1 Å². The molecular formula is C36H57N8O13P3SSi2. The molecule has 0 radical (unpaired) electrons. The topological polar surface area (TPSA) is 263 Å². The first-order chi connectivity index (χ1) is 30.1. The fourth-order valence-corrected chi connectivity index (χ4v) is 21.4. The Hall–Kier alpha value is -2.43. The van der Waals surface area contributed by atoms with Crippen LogP contribution >= 0.6 is 23.8 Å². The van der Waals surface area contributed by atoms with Crippen LogP contribution in [0.15, 0.2) is 29.7 Å². The van der Waals surface area contributed by atoms with E-state index in [1.54, 1.807) is 26.1 Å². The Morgan fingerprint density at radius 3 is 2.63 bits per heavy atom. The molecule has 2 saturated heterocycles. The fraction of sp³-hybridized carbons (Fsp3) is 0.694. The molecule has 1 saturated carbocycles. The molecule has 27 heteroatoms. The standard InChI is InChI=1S/C36H57N8O13P3SSi2/c1-6-14-62(48,15-7-2)57-63(58,16-8-3)56-30-27-20-49-59(47)54-26-18-25(52-28-10-12-38-21-39-28)17-24(26)19-51-60(61,50-13-9-11-37)55-31(30)35(53-27)44-22-40-29-32(44)41-36(43-34(29)46)42-33(45)23(4)5/h10,12,21-27,30-31,35,48,59H,6-9,13-20,58H2,1-5H3,(H2,41,42,43,45,46)/t24-,25-,26+,27-,30-,31-,35-,60?,63?/m1/s1. The molecule has 4 unspecified atom stereocenters. The van der Waals surface area contributed by atoms with Crippen molar-refractivity contribution >= 4 is 75.4 Å². The van der Waals surface area contributed by atoms with Crippen LogP contribution in [0, 0.1) is 23.2 Å². The van der Waals surface area contributed by atoms with Gasteiger partial charge in [0, 0.05) is 30.5 Å². The third-order valence-electron chi connectivity index (χ3n) is 10.5. The summed E-state index contributed by atoms with van der Waals surface area (Å²) in [5, 5.41) is 12.1. The lowest BCUT2D eigenvalue weighted by Crippen LogP contribution is -2.54. The van der Waals surface area contributed by atoms with Crippen LogP contribution in [0.2, 0.25) is 18.1 Å². The van der Waals surface area contributed by atoms with Gasteiger partial charge in [-0.25, -0.2) is 15.0 Å². The van der Waals surface area contributed by atoms with E-state index in [0.717, 1.165) is 0 Å². The van der Waals surface area contributed by atoms with Crippen molar-refractivity contribution in [1.29, 1.82) is 5.26 Å². The highest BCUT2D eigenvalue weighted by molar-refractivity contribution is 8.07. The first-order valence-electron chi connectivity index (χ1n) is 21.1. The number of rotatable bonds is 18. The number of H-pyrrole nitrogens is 1. The second kappa shape index (κ2) is 22.4. The van der Waals surface area contributed by atoms with Crippen molar-refractivity contribution in [2.45, 2.75) is 128 Å². The lowest BCUT2D eigenvalue weighted by Gasteiger charge is -2.39. The van der Waals surface area contributed by atoms with Crippen LogP contribution in [0.1, 0.15) is 79.4 Å². The summed E-state index contributed by atoms with van der Waals surface area (Å²) >= 11 is 6.15. The molecule has 348 valence electrons. The second-order valence-electron chi connectivity index (χ2n) is 15.9. The van der Waals surface area contributed by atoms with Crippen molar-refractivity contribution in [2.24, 2.45) is 11.8 Å². The van der Waals surface area contributed by atoms with Gasteiger partial charge in [-0.2, -0.15) is 10.2 Å². The molecule has 1 aliphatic carbocycles. The van der Waals surface area contributed by atoms with Crippen molar-refractivity contribution in [1.82, 2.24) is 29.5 Å². The summed E-state index contributed by atoms with van der Waals surface area (Å²) in [6, 6.07) is 5.10. The number of fused-ring (bicyclic) bond motifs is 4. The summed E-state index contributed by atoms with van der Waals surface area (Å²) in [5.41, 5.74) is -0.690. The zero-order chi connectivity index (χ0) is 45.4. The molecule has 63 heavy (non-hydrogen) atoms. The van der Waals surface area contributed by atoms with Crippen LogP contribution in [0.3, 0.4) is 0 Å². The molecule has 21 nitrogen and oxygen atoms in total. The average molecular weight is 991 g/mol. The monoisotopic (exact) mass is 990 g/mol. The minimum atomic E-state index is -3.89. The number of carbonyl (C=O) groups excluding carboxylic acids is 1. The predicted molar refractivity (Wildman–Crippen MR) is 241 cm³/mol. The smallest absolute Gasteiger partial charge is 0.349 e. The third-order valence-corrected chi connectivity index (χ3v) is 23.5. The Morgan fingerprint density at radius 1 is 1.19 bits per heavy atom. The van der Waals surface area contributed by atoms with Gasteiger partial charge >= 0.3 is 31.8 Å². The van der Waals surface area contributed by atoms with E-state index in [4.69, 9.17) is 52.4 Å². The van der Waals surface area contributed by atoms with Gasteiger partial charge in [-0.1, -0.05) is 62.7 Å². The Labute approximate surface area is 375 Å². The first-order valence-corrected chi connectivity index (χ1v) is 31.0. The second-order valence-corrected chi connectivity index (χ2v) is 28.6. The van der Waals surface area contributed by atoms with Crippen molar-refractivity contribution in [3.8, 4) is 11.9 Å². The summed E-state index contributed by atoms with van der Waals surface area (Å²) in [7, 11) is -7.23.